The third kappa shape index (κ3) is 3.89. The van der Waals surface area contributed by atoms with Crippen LogP contribution in [-0.4, -0.2) is 43.1 Å². The van der Waals surface area contributed by atoms with E-state index in [2.05, 4.69) is 4.74 Å². The lowest BCUT2D eigenvalue weighted by Gasteiger charge is -2.07. The third-order valence-corrected chi connectivity index (χ3v) is 4.87. The molecule has 0 N–H and O–H groups in total. The molecule has 9 nitrogen and oxygen atoms in total. The second kappa shape index (κ2) is 8.02. The number of carbonyl (C=O) groups is 5. The van der Waals surface area contributed by atoms with E-state index in [1.54, 1.807) is 19.1 Å². The van der Waals surface area contributed by atoms with Crippen molar-refractivity contribution in [2.45, 2.75) is 19.4 Å². The van der Waals surface area contributed by atoms with Gasteiger partial charge in [-0.15, -0.1) is 0 Å². The van der Waals surface area contributed by atoms with Crippen molar-refractivity contribution in [1.29, 1.82) is 0 Å². The predicted octanol–water partition coefficient (Wildman–Crippen LogP) is 2.63. The second-order valence-electron chi connectivity index (χ2n) is 6.91. The Morgan fingerprint density at radius 3 is 2.06 bits per heavy atom. The lowest BCUT2D eigenvalue weighted by atomic mass is 10.0. The molecule has 0 aromatic heterocycles. The van der Waals surface area contributed by atoms with Crippen LogP contribution in [0.5, 0.6) is 0 Å². The molecule has 1 unspecified atom stereocenters. The fourth-order valence-corrected chi connectivity index (χ4v) is 3.27. The van der Waals surface area contributed by atoms with Crippen molar-refractivity contribution in [1.82, 2.24) is 0 Å². The first-order valence-electron chi connectivity index (χ1n) is 9.45. The number of hydrogen-bond acceptors (Lipinski definition) is 9. The summed E-state index contributed by atoms with van der Waals surface area (Å²) in [6.45, 7) is 1.71. The van der Waals surface area contributed by atoms with Crippen LogP contribution in [0, 0.1) is 0 Å². The van der Waals surface area contributed by atoms with Crippen LogP contribution in [0.15, 0.2) is 36.4 Å². The van der Waals surface area contributed by atoms with E-state index in [-0.39, 0.29) is 48.0 Å². The number of rotatable bonds is 6. The van der Waals surface area contributed by atoms with E-state index in [4.69, 9.17) is 14.2 Å². The molecule has 2 heterocycles. The van der Waals surface area contributed by atoms with Gasteiger partial charge in [-0.25, -0.2) is 24.0 Å². The first kappa shape index (κ1) is 20.3. The fourth-order valence-electron chi connectivity index (χ4n) is 3.27. The van der Waals surface area contributed by atoms with Crippen LogP contribution in [0.3, 0.4) is 0 Å². The van der Waals surface area contributed by atoms with Crippen molar-refractivity contribution in [3.8, 4) is 0 Å². The molecule has 2 aliphatic heterocycles. The first-order valence-corrected chi connectivity index (χ1v) is 9.45. The molecule has 0 aliphatic carbocycles. The lowest BCUT2D eigenvalue weighted by molar-refractivity contribution is 0.0390. The van der Waals surface area contributed by atoms with Crippen LogP contribution in [0.1, 0.15) is 76.8 Å². The van der Waals surface area contributed by atoms with Crippen LogP contribution >= 0.6 is 0 Å². The van der Waals surface area contributed by atoms with Crippen molar-refractivity contribution in [3.05, 3.63) is 69.8 Å². The summed E-state index contributed by atoms with van der Waals surface area (Å²) in [6, 6.07) is 8.58. The maximum Gasteiger partial charge on any atom is 0.346 e. The molecule has 2 aliphatic rings. The fraction of sp³-hybridized carbons (Fsp3) is 0.227. The van der Waals surface area contributed by atoms with Crippen LogP contribution in [0.2, 0.25) is 0 Å². The van der Waals surface area contributed by atoms with E-state index in [9.17, 15) is 24.0 Å². The summed E-state index contributed by atoms with van der Waals surface area (Å²) >= 11 is 0. The Hall–Kier alpha value is -4.01. The molecule has 0 fully saturated rings. The van der Waals surface area contributed by atoms with Crippen molar-refractivity contribution in [3.63, 3.8) is 0 Å². The predicted molar refractivity (Wildman–Crippen MR) is 102 cm³/mol. The highest BCUT2D eigenvalue weighted by atomic mass is 16.6. The number of esters is 5. The van der Waals surface area contributed by atoms with Gasteiger partial charge in [0.15, 0.2) is 0 Å². The Bertz CT molecular complexity index is 1130. The number of ether oxygens (including phenoxy) is 4. The molecule has 0 spiro atoms. The normalized spacial score (nSPS) is 16.3. The SMILES string of the molecule is CC1OC(=O)c2cc(C(=O)OCCCOC(=O)c3ccc4c(c3)C(=O)OC4=O)ccc21. The molecule has 9 heteroatoms. The molecule has 0 saturated heterocycles. The van der Waals surface area contributed by atoms with Crippen LogP contribution in [0.4, 0.5) is 0 Å². The van der Waals surface area contributed by atoms with Crippen molar-refractivity contribution in [2.24, 2.45) is 0 Å². The minimum absolute atomic E-state index is 0.00490. The summed E-state index contributed by atoms with van der Waals surface area (Å²) < 4.78 is 19.8. The monoisotopic (exact) mass is 424 g/mol. The number of fused-ring (bicyclic) bond motifs is 2. The van der Waals surface area contributed by atoms with E-state index in [0.717, 1.165) is 5.56 Å². The largest absolute Gasteiger partial charge is 0.462 e. The smallest absolute Gasteiger partial charge is 0.346 e. The second-order valence-corrected chi connectivity index (χ2v) is 6.91. The Morgan fingerprint density at radius 1 is 0.806 bits per heavy atom. The number of cyclic esters (lactones) is 3. The van der Waals surface area contributed by atoms with Gasteiger partial charge in [0.2, 0.25) is 0 Å². The molecule has 2 aromatic rings. The average Bonchev–Trinajstić information content (AvgIpc) is 3.21. The summed E-state index contributed by atoms with van der Waals surface area (Å²) in [5, 5.41) is 0. The van der Waals surface area contributed by atoms with Crippen LogP contribution in [0.25, 0.3) is 0 Å². The summed E-state index contributed by atoms with van der Waals surface area (Å²) in [7, 11) is 0. The molecular formula is C22H16O9. The van der Waals surface area contributed by atoms with Crippen molar-refractivity contribution in [2.75, 3.05) is 13.2 Å². The van der Waals surface area contributed by atoms with Crippen molar-refractivity contribution >= 4 is 29.8 Å². The van der Waals surface area contributed by atoms with Gasteiger partial charge in [0.25, 0.3) is 0 Å². The zero-order valence-electron chi connectivity index (χ0n) is 16.3. The molecule has 2 aromatic carbocycles. The average molecular weight is 424 g/mol. The third-order valence-electron chi connectivity index (χ3n) is 4.87. The zero-order chi connectivity index (χ0) is 22.1. The summed E-state index contributed by atoms with van der Waals surface area (Å²) in [5.74, 6) is -3.34. The molecule has 1 atom stereocenters. The molecular weight excluding hydrogens is 408 g/mol. The molecule has 0 amide bonds. The van der Waals surface area contributed by atoms with E-state index in [0.29, 0.717) is 5.56 Å². The molecule has 0 bridgehead atoms. The van der Waals surface area contributed by atoms with Gasteiger partial charge in [0.05, 0.1) is 41.0 Å². The number of benzene rings is 2. The quantitative estimate of drug-likeness (QED) is 0.298. The Labute approximate surface area is 175 Å². The molecule has 4 rings (SSSR count). The first-order chi connectivity index (χ1) is 14.8. The van der Waals surface area contributed by atoms with Crippen molar-refractivity contribution < 1.29 is 42.9 Å². The molecule has 0 radical (unpaired) electrons. The molecule has 31 heavy (non-hydrogen) atoms. The minimum Gasteiger partial charge on any atom is -0.462 e. The van der Waals surface area contributed by atoms with E-state index < -0.39 is 29.8 Å². The number of hydrogen-bond donors (Lipinski definition) is 0. The van der Waals surface area contributed by atoms with E-state index in [1.807, 2.05) is 0 Å². The summed E-state index contributed by atoms with van der Waals surface area (Å²) in [4.78, 5) is 59.0. The number of carbonyl (C=O) groups excluding carboxylic acids is 5. The Morgan fingerprint density at radius 2 is 1.39 bits per heavy atom. The Balaban J connectivity index is 1.25. The van der Waals surface area contributed by atoms with Gasteiger partial charge in [0.1, 0.15) is 6.10 Å². The van der Waals surface area contributed by atoms with Gasteiger partial charge >= 0.3 is 29.8 Å². The highest BCUT2D eigenvalue weighted by Crippen LogP contribution is 2.30. The topological polar surface area (TPSA) is 122 Å². The summed E-state index contributed by atoms with van der Waals surface area (Å²) in [6.07, 6.45) is -0.105. The van der Waals surface area contributed by atoms with Gasteiger partial charge in [-0.2, -0.15) is 0 Å². The van der Waals surface area contributed by atoms with Crippen LogP contribution in [-0.2, 0) is 18.9 Å². The standard InChI is InChI=1S/C22H16O9/c1-11-14-5-3-12(9-16(14)21(26)30-11)18(23)28-7-2-8-29-19(24)13-4-6-15-17(10-13)22(27)31-20(15)25/h3-6,9-11H,2,7-8H2,1H3. The van der Waals surface area contributed by atoms with Gasteiger partial charge in [0, 0.05) is 12.0 Å². The highest BCUT2D eigenvalue weighted by molar-refractivity contribution is 6.15. The van der Waals surface area contributed by atoms with E-state index >= 15 is 0 Å². The van der Waals surface area contributed by atoms with Gasteiger partial charge in [-0.3, -0.25) is 0 Å². The lowest BCUT2D eigenvalue weighted by Crippen LogP contribution is -2.12. The van der Waals surface area contributed by atoms with Gasteiger partial charge in [-0.1, -0.05) is 6.07 Å². The van der Waals surface area contributed by atoms with Gasteiger partial charge in [-0.05, 0) is 37.3 Å². The van der Waals surface area contributed by atoms with Crippen LogP contribution < -0.4 is 0 Å². The summed E-state index contributed by atoms with van der Waals surface area (Å²) in [5.41, 5.74) is 1.50. The minimum atomic E-state index is -0.809. The Kier molecular flexibility index (Phi) is 5.24. The maximum atomic E-state index is 12.2. The molecule has 0 saturated carbocycles. The highest BCUT2D eigenvalue weighted by Gasteiger charge is 2.31. The maximum absolute atomic E-state index is 12.2. The van der Waals surface area contributed by atoms with E-state index in [1.165, 1.54) is 24.3 Å². The van der Waals surface area contributed by atoms with Gasteiger partial charge < -0.3 is 18.9 Å². The molecule has 158 valence electrons. The zero-order valence-corrected chi connectivity index (χ0v) is 16.3.